The molecule has 0 fully saturated rings. The zero-order valence-corrected chi connectivity index (χ0v) is 16.8. The molecule has 0 bridgehead atoms. The number of benzene rings is 2. The van der Waals surface area contributed by atoms with Gasteiger partial charge in [-0.05, 0) is 30.3 Å². The Bertz CT molecular complexity index is 914. The standard InChI is InChI=1S/C18H14Cl2N2O2S2/c1-24-16-7-6-13(8-14(16)20)21-17(23)10-26-18-22-15(9-25-18)11-2-4-12(19)5-3-11/h2-9H,10H2,1H3,(H,21,23). The van der Waals surface area contributed by atoms with E-state index < -0.39 is 0 Å². The molecule has 8 heteroatoms. The second-order valence-corrected chi connectivity index (χ2v) is 8.12. The first-order valence-electron chi connectivity index (χ1n) is 7.53. The lowest BCUT2D eigenvalue weighted by molar-refractivity contribution is -0.113. The van der Waals surface area contributed by atoms with Crippen LogP contribution in [-0.4, -0.2) is 23.8 Å². The number of aromatic nitrogens is 1. The van der Waals surface area contributed by atoms with Gasteiger partial charge in [0.1, 0.15) is 5.75 Å². The first-order valence-corrected chi connectivity index (χ1v) is 10.1. The Balaban J connectivity index is 1.56. The molecule has 1 heterocycles. The molecular weight excluding hydrogens is 411 g/mol. The third-order valence-corrected chi connectivity index (χ3v) is 5.95. The summed E-state index contributed by atoms with van der Waals surface area (Å²) < 4.78 is 5.92. The number of halogens is 2. The van der Waals surface area contributed by atoms with Gasteiger partial charge >= 0.3 is 0 Å². The number of hydrogen-bond donors (Lipinski definition) is 1. The minimum absolute atomic E-state index is 0.125. The van der Waals surface area contributed by atoms with Gasteiger partial charge in [0.15, 0.2) is 4.34 Å². The topological polar surface area (TPSA) is 51.2 Å². The summed E-state index contributed by atoms with van der Waals surface area (Å²) in [6.07, 6.45) is 0. The van der Waals surface area contributed by atoms with Crippen LogP contribution in [0.1, 0.15) is 0 Å². The third kappa shape index (κ3) is 4.92. The fraction of sp³-hybridized carbons (Fsp3) is 0.111. The maximum atomic E-state index is 12.1. The van der Waals surface area contributed by atoms with Crippen LogP contribution in [0.5, 0.6) is 5.75 Å². The highest BCUT2D eigenvalue weighted by atomic mass is 35.5. The highest BCUT2D eigenvalue weighted by molar-refractivity contribution is 8.01. The largest absolute Gasteiger partial charge is 0.495 e. The number of rotatable bonds is 6. The third-order valence-electron chi connectivity index (χ3n) is 3.39. The van der Waals surface area contributed by atoms with E-state index >= 15 is 0 Å². The fourth-order valence-corrected chi connectivity index (χ4v) is 4.16. The van der Waals surface area contributed by atoms with Crippen LogP contribution in [0.2, 0.25) is 10.0 Å². The summed E-state index contributed by atoms with van der Waals surface area (Å²) in [5.74, 6) is 0.702. The molecule has 3 aromatic rings. The molecule has 0 unspecified atom stereocenters. The fourth-order valence-electron chi connectivity index (χ4n) is 2.15. The van der Waals surface area contributed by atoms with Gasteiger partial charge in [0.25, 0.3) is 0 Å². The molecular formula is C18H14Cl2N2O2S2. The molecule has 1 amide bonds. The number of hydrogen-bond acceptors (Lipinski definition) is 5. The molecule has 0 atom stereocenters. The average Bonchev–Trinajstić information content (AvgIpc) is 3.10. The van der Waals surface area contributed by atoms with Gasteiger partial charge in [-0.3, -0.25) is 4.79 Å². The summed E-state index contributed by atoms with van der Waals surface area (Å²) in [5, 5.41) is 5.91. The van der Waals surface area contributed by atoms with Crippen LogP contribution in [-0.2, 0) is 4.79 Å². The molecule has 2 aromatic carbocycles. The van der Waals surface area contributed by atoms with Crippen molar-refractivity contribution in [2.45, 2.75) is 4.34 Å². The van der Waals surface area contributed by atoms with Crippen molar-refractivity contribution in [2.75, 3.05) is 18.2 Å². The van der Waals surface area contributed by atoms with Crippen molar-refractivity contribution in [3.8, 4) is 17.0 Å². The molecule has 0 saturated carbocycles. The lowest BCUT2D eigenvalue weighted by Gasteiger charge is -2.07. The number of nitrogens with one attached hydrogen (secondary N) is 1. The number of carbonyl (C=O) groups is 1. The van der Waals surface area contributed by atoms with E-state index in [1.165, 1.54) is 23.1 Å². The lowest BCUT2D eigenvalue weighted by atomic mass is 10.2. The second kappa shape index (κ2) is 8.77. The predicted octanol–water partition coefficient (Wildman–Crippen LogP) is 5.86. The van der Waals surface area contributed by atoms with Crippen molar-refractivity contribution >= 4 is 57.9 Å². The van der Waals surface area contributed by atoms with E-state index in [-0.39, 0.29) is 11.7 Å². The van der Waals surface area contributed by atoms with E-state index in [9.17, 15) is 4.79 Å². The van der Waals surface area contributed by atoms with E-state index in [1.807, 2.05) is 29.6 Å². The van der Waals surface area contributed by atoms with Gasteiger partial charge in [0.2, 0.25) is 5.91 Å². The van der Waals surface area contributed by atoms with Gasteiger partial charge in [-0.25, -0.2) is 4.98 Å². The van der Waals surface area contributed by atoms with Crippen molar-refractivity contribution in [2.24, 2.45) is 0 Å². The Kier molecular flexibility index (Phi) is 6.43. The van der Waals surface area contributed by atoms with Crippen molar-refractivity contribution in [3.05, 3.63) is 57.9 Å². The number of ether oxygens (including phenoxy) is 1. The minimum Gasteiger partial charge on any atom is -0.495 e. The summed E-state index contributed by atoms with van der Waals surface area (Å²) in [4.78, 5) is 16.7. The number of thiazole rings is 1. The Morgan fingerprint density at radius 3 is 2.69 bits per heavy atom. The molecule has 0 saturated heterocycles. The highest BCUT2D eigenvalue weighted by Gasteiger charge is 2.09. The van der Waals surface area contributed by atoms with Crippen LogP contribution >= 0.6 is 46.3 Å². The number of nitrogens with zero attached hydrogens (tertiary/aromatic N) is 1. The number of carbonyl (C=O) groups excluding carboxylic acids is 1. The number of thioether (sulfide) groups is 1. The van der Waals surface area contributed by atoms with E-state index in [4.69, 9.17) is 27.9 Å². The minimum atomic E-state index is -0.125. The average molecular weight is 425 g/mol. The van der Waals surface area contributed by atoms with Crippen molar-refractivity contribution in [1.82, 2.24) is 4.98 Å². The Labute approximate surface area is 169 Å². The van der Waals surface area contributed by atoms with Gasteiger partial charge < -0.3 is 10.1 Å². The summed E-state index contributed by atoms with van der Waals surface area (Å²) in [6, 6.07) is 12.6. The predicted molar refractivity (Wildman–Crippen MR) is 110 cm³/mol. The molecule has 0 radical (unpaired) electrons. The quantitative estimate of drug-likeness (QED) is 0.503. The summed E-state index contributed by atoms with van der Waals surface area (Å²) >= 11 is 14.9. The molecule has 0 aliphatic rings. The molecule has 3 rings (SSSR count). The van der Waals surface area contributed by atoms with Crippen LogP contribution in [0, 0.1) is 0 Å². The van der Waals surface area contributed by atoms with Crippen LogP contribution in [0.15, 0.2) is 52.2 Å². The summed E-state index contributed by atoms with van der Waals surface area (Å²) in [7, 11) is 1.54. The van der Waals surface area contributed by atoms with E-state index in [0.717, 1.165) is 15.6 Å². The zero-order chi connectivity index (χ0) is 18.5. The zero-order valence-electron chi connectivity index (χ0n) is 13.7. The maximum Gasteiger partial charge on any atom is 0.234 e. The summed E-state index contributed by atoms with van der Waals surface area (Å²) in [6.45, 7) is 0. The molecule has 0 aliphatic carbocycles. The van der Waals surface area contributed by atoms with Gasteiger partial charge in [-0.2, -0.15) is 0 Å². The van der Waals surface area contributed by atoms with Crippen LogP contribution < -0.4 is 10.1 Å². The van der Waals surface area contributed by atoms with Gasteiger partial charge in [0.05, 0.1) is 23.6 Å². The smallest absolute Gasteiger partial charge is 0.234 e. The molecule has 0 spiro atoms. The monoisotopic (exact) mass is 424 g/mol. The number of anilines is 1. The Hall–Kier alpha value is -1.73. The van der Waals surface area contributed by atoms with Gasteiger partial charge in [-0.15, -0.1) is 11.3 Å². The Morgan fingerprint density at radius 2 is 2.00 bits per heavy atom. The molecule has 134 valence electrons. The maximum absolute atomic E-state index is 12.1. The number of amides is 1. The SMILES string of the molecule is COc1ccc(NC(=O)CSc2nc(-c3ccc(Cl)cc3)cs2)cc1Cl. The first kappa shape index (κ1) is 19.0. The lowest BCUT2D eigenvalue weighted by Crippen LogP contribution is -2.13. The van der Waals surface area contributed by atoms with Crippen LogP contribution in [0.3, 0.4) is 0 Å². The normalized spacial score (nSPS) is 10.6. The van der Waals surface area contributed by atoms with Gasteiger partial charge in [0, 0.05) is 21.7 Å². The first-order chi connectivity index (χ1) is 12.5. The molecule has 4 nitrogen and oxygen atoms in total. The summed E-state index contributed by atoms with van der Waals surface area (Å²) in [5.41, 5.74) is 2.49. The van der Waals surface area contributed by atoms with Crippen molar-refractivity contribution < 1.29 is 9.53 Å². The van der Waals surface area contributed by atoms with Crippen LogP contribution in [0.4, 0.5) is 5.69 Å². The van der Waals surface area contributed by atoms with Crippen LogP contribution in [0.25, 0.3) is 11.3 Å². The highest BCUT2D eigenvalue weighted by Crippen LogP contribution is 2.30. The van der Waals surface area contributed by atoms with Gasteiger partial charge in [-0.1, -0.05) is 47.1 Å². The van der Waals surface area contributed by atoms with Crippen molar-refractivity contribution in [3.63, 3.8) is 0 Å². The van der Waals surface area contributed by atoms with E-state index in [2.05, 4.69) is 10.3 Å². The molecule has 0 aliphatic heterocycles. The molecule has 1 aromatic heterocycles. The van der Waals surface area contributed by atoms with E-state index in [1.54, 1.807) is 25.3 Å². The second-order valence-electron chi connectivity index (χ2n) is 5.19. The molecule has 1 N–H and O–H groups in total. The number of methoxy groups -OCH3 is 1. The Morgan fingerprint density at radius 1 is 1.23 bits per heavy atom. The van der Waals surface area contributed by atoms with E-state index in [0.29, 0.717) is 21.5 Å². The van der Waals surface area contributed by atoms with Crippen molar-refractivity contribution in [1.29, 1.82) is 0 Å². The molecule has 26 heavy (non-hydrogen) atoms.